The Morgan fingerprint density at radius 3 is 2.75 bits per heavy atom. The molecule has 0 aliphatic rings. The van der Waals surface area contributed by atoms with Crippen LogP contribution in [0.25, 0.3) is 0 Å². The van der Waals surface area contributed by atoms with Crippen molar-refractivity contribution in [1.82, 2.24) is 0 Å². The molecule has 0 N–H and O–H groups in total. The van der Waals surface area contributed by atoms with Crippen LogP contribution in [-0.2, 0) is 21.8 Å². The Morgan fingerprint density at radius 2 is 2.25 bits per heavy atom. The molecule has 0 atom stereocenters. The molecule has 0 fully saturated rings. The van der Waals surface area contributed by atoms with Gasteiger partial charge in [-0.1, -0.05) is 17.7 Å². The lowest BCUT2D eigenvalue weighted by Gasteiger charge is -2.09. The summed E-state index contributed by atoms with van der Waals surface area (Å²) in [5, 5.41) is 9.28. The fraction of sp³-hybridized carbons (Fsp3) is 0.273. The highest BCUT2D eigenvalue weighted by molar-refractivity contribution is 6.32. The van der Waals surface area contributed by atoms with Crippen LogP contribution in [0.3, 0.4) is 0 Å². The predicted octanol–water partition coefficient (Wildman–Crippen LogP) is 2.67. The number of hydrogen-bond acceptors (Lipinski definition) is 3. The van der Waals surface area contributed by atoms with Gasteiger partial charge in [0.05, 0.1) is 24.1 Å². The number of carbonyl (C=O) groups is 1. The second-order valence-electron chi connectivity index (χ2n) is 3.06. The molecule has 0 aliphatic heterocycles. The monoisotopic (exact) mass is 257 g/mol. The van der Waals surface area contributed by atoms with Crippen LogP contribution in [-0.4, -0.2) is 13.1 Å². The van der Waals surface area contributed by atoms with Crippen LogP contribution in [0.5, 0.6) is 0 Å². The lowest BCUT2D eigenvalue weighted by Crippen LogP contribution is -2.07. The number of carbonyl (C=O) groups excluding carboxylic acids is 1. The third kappa shape index (κ3) is 2.66. The number of methoxy groups -OCH3 is 1. The zero-order chi connectivity index (χ0) is 12.1. The summed E-state index contributed by atoms with van der Waals surface area (Å²) in [7, 11) is 1.31. The SMILES string of the molecule is COC(=O)Cc1ccc(Cl)c(C#N)c1CCl. The van der Waals surface area contributed by atoms with E-state index in [4.69, 9.17) is 28.5 Å². The number of esters is 1. The standard InChI is InChI=1S/C11H9Cl2NO2/c1-16-11(15)4-7-2-3-10(13)9(6-14)8(7)5-12/h2-3H,4-5H2,1H3. The van der Waals surface area contributed by atoms with Gasteiger partial charge in [0.2, 0.25) is 0 Å². The molecular formula is C11H9Cl2NO2. The minimum atomic E-state index is -0.377. The van der Waals surface area contributed by atoms with Gasteiger partial charge in [0.15, 0.2) is 0 Å². The Bertz CT molecular complexity index is 452. The third-order valence-corrected chi connectivity index (χ3v) is 2.75. The van der Waals surface area contributed by atoms with E-state index in [9.17, 15) is 4.79 Å². The Hall–Kier alpha value is -1.24. The number of rotatable bonds is 3. The van der Waals surface area contributed by atoms with Crippen LogP contribution in [0.4, 0.5) is 0 Å². The summed E-state index contributed by atoms with van der Waals surface area (Å²) in [6, 6.07) is 5.23. The molecule has 0 aliphatic carbocycles. The Morgan fingerprint density at radius 1 is 1.56 bits per heavy atom. The van der Waals surface area contributed by atoms with Crippen molar-refractivity contribution in [3.8, 4) is 6.07 Å². The topological polar surface area (TPSA) is 50.1 Å². The molecular weight excluding hydrogens is 249 g/mol. The minimum Gasteiger partial charge on any atom is -0.469 e. The average molecular weight is 258 g/mol. The van der Waals surface area contributed by atoms with E-state index in [0.717, 1.165) is 0 Å². The smallest absolute Gasteiger partial charge is 0.309 e. The molecule has 0 aromatic heterocycles. The van der Waals surface area contributed by atoms with E-state index in [1.54, 1.807) is 12.1 Å². The molecule has 5 heteroatoms. The van der Waals surface area contributed by atoms with Gasteiger partial charge in [-0.3, -0.25) is 4.79 Å². The van der Waals surface area contributed by atoms with Crippen molar-refractivity contribution >= 4 is 29.2 Å². The lowest BCUT2D eigenvalue weighted by atomic mass is 10.0. The van der Waals surface area contributed by atoms with Crippen molar-refractivity contribution in [2.24, 2.45) is 0 Å². The Balaban J connectivity index is 3.21. The summed E-state index contributed by atoms with van der Waals surface area (Å²) in [6.45, 7) is 0. The molecule has 0 saturated carbocycles. The van der Waals surface area contributed by atoms with Gasteiger partial charge in [0, 0.05) is 5.88 Å². The number of alkyl halides is 1. The van der Waals surface area contributed by atoms with E-state index in [-0.39, 0.29) is 18.3 Å². The van der Waals surface area contributed by atoms with Crippen molar-refractivity contribution < 1.29 is 9.53 Å². The summed E-state index contributed by atoms with van der Waals surface area (Å²) >= 11 is 11.6. The second-order valence-corrected chi connectivity index (χ2v) is 3.73. The van der Waals surface area contributed by atoms with Crippen LogP contribution in [0.2, 0.25) is 5.02 Å². The summed E-state index contributed by atoms with van der Waals surface area (Å²) in [5.41, 5.74) is 1.57. The molecule has 16 heavy (non-hydrogen) atoms. The van der Waals surface area contributed by atoms with E-state index >= 15 is 0 Å². The molecule has 0 spiro atoms. The van der Waals surface area contributed by atoms with Crippen molar-refractivity contribution in [3.05, 3.63) is 33.8 Å². The molecule has 0 saturated heterocycles. The number of nitriles is 1. The number of benzene rings is 1. The molecule has 1 aromatic carbocycles. The third-order valence-electron chi connectivity index (χ3n) is 2.17. The number of nitrogens with zero attached hydrogens (tertiary/aromatic N) is 1. The molecule has 0 bridgehead atoms. The van der Waals surface area contributed by atoms with Crippen molar-refractivity contribution in [1.29, 1.82) is 5.26 Å². The first kappa shape index (κ1) is 12.8. The van der Waals surface area contributed by atoms with Crippen molar-refractivity contribution in [2.75, 3.05) is 7.11 Å². The molecule has 0 heterocycles. The summed E-state index contributed by atoms with van der Waals surface area (Å²) in [5.74, 6) is -0.243. The molecule has 0 radical (unpaired) electrons. The van der Waals surface area contributed by atoms with Gasteiger partial charge in [0.25, 0.3) is 0 Å². The Labute approximate surface area is 104 Å². The fourth-order valence-electron chi connectivity index (χ4n) is 1.33. The maximum Gasteiger partial charge on any atom is 0.309 e. The van der Waals surface area contributed by atoms with E-state index in [0.29, 0.717) is 21.7 Å². The fourth-order valence-corrected chi connectivity index (χ4v) is 1.85. The van der Waals surface area contributed by atoms with Gasteiger partial charge in [-0.05, 0) is 17.2 Å². The predicted molar refractivity (Wildman–Crippen MR) is 61.4 cm³/mol. The van der Waals surface area contributed by atoms with Crippen LogP contribution in [0.15, 0.2) is 12.1 Å². The second kappa shape index (κ2) is 5.74. The van der Waals surface area contributed by atoms with Crippen molar-refractivity contribution in [2.45, 2.75) is 12.3 Å². The van der Waals surface area contributed by atoms with Gasteiger partial charge >= 0.3 is 5.97 Å². The van der Waals surface area contributed by atoms with E-state index < -0.39 is 0 Å². The minimum absolute atomic E-state index is 0.0877. The van der Waals surface area contributed by atoms with Gasteiger partial charge < -0.3 is 4.74 Å². The maximum absolute atomic E-state index is 11.2. The average Bonchev–Trinajstić information content (AvgIpc) is 2.30. The highest BCUT2D eigenvalue weighted by Crippen LogP contribution is 2.25. The first-order chi connectivity index (χ1) is 7.63. The largest absolute Gasteiger partial charge is 0.469 e. The molecule has 84 valence electrons. The summed E-state index contributed by atoms with van der Waals surface area (Å²) in [4.78, 5) is 11.2. The molecule has 0 amide bonds. The summed E-state index contributed by atoms with van der Waals surface area (Å²) in [6.07, 6.45) is 0.0877. The molecule has 3 nitrogen and oxygen atoms in total. The van der Waals surface area contributed by atoms with E-state index in [1.807, 2.05) is 6.07 Å². The number of hydrogen-bond donors (Lipinski definition) is 0. The number of halogens is 2. The Kier molecular flexibility index (Phi) is 4.60. The van der Waals surface area contributed by atoms with Crippen LogP contribution >= 0.6 is 23.2 Å². The lowest BCUT2D eigenvalue weighted by molar-refractivity contribution is -0.139. The van der Waals surface area contributed by atoms with Crippen LogP contribution < -0.4 is 0 Å². The van der Waals surface area contributed by atoms with Gasteiger partial charge in [-0.25, -0.2) is 0 Å². The highest BCUT2D eigenvalue weighted by Gasteiger charge is 2.14. The van der Waals surface area contributed by atoms with Gasteiger partial charge in [0.1, 0.15) is 6.07 Å². The quantitative estimate of drug-likeness (QED) is 0.618. The van der Waals surface area contributed by atoms with Crippen LogP contribution in [0.1, 0.15) is 16.7 Å². The zero-order valence-electron chi connectivity index (χ0n) is 8.59. The normalized spacial score (nSPS) is 9.62. The van der Waals surface area contributed by atoms with E-state index in [2.05, 4.69) is 4.74 Å². The zero-order valence-corrected chi connectivity index (χ0v) is 10.1. The van der Waals surface area contributed by atoms with Gasteiger partial charge in [-0.15, -0.1) is 11.6 Å². The van der Waals surface area contributed by atoms with Crippen molar-refractivity contribution in [3.63, 3.8) is 0 Å². The summed E-state index contributed by atoms with van der Waals surface area (Å²) < 4.78 is 4.56. The highest BCUT2D eigenvalue weighted by atomic mass is 35.5. The molecule has 1 aromatic rings. The van der Waals surface area contributed by atoms with Crippen LogP contribution in [0, 0.1) is 11.3 Å². The molecule has 0 unspecified atom stereocenters. The molecule has 1 rings (SSSR count). The first-order valence-electron chi connectivity index (χ1n) is 4.47. The van der Waals surface area contributed by atoms with Gasteiger partial charge in [-0.2, -0.15) is 5.26 Å². The number of ether oxygens (including phenoxy) is 1. The maximum atomic E-state index is 11.2. The van der Waals surface area contributed by atoms with E-state index in [1.165, 1.54) is 7.11 Å². The first-order valence-corrected chi connectivity index (χ1v) is 5.38.